The van der Waals surface area contributed by atoms with Crippen molar-refractivity contribution in [2.75, 3.05) is 11.9 Å². The predicted octanol–water partition coefficient (Wildman–Crippen LogP) is 3.12. The molecule has 2 N–H and O–H groups in total. The Morgan fingerprint density at radius 1 is 1.07 bits per heavy atom. The van der Waals surface area contributed by atoms with Crippen molar-refractivity contribution in [1.82, 2.24) is 10.2 Å². The zero-order valence-electron chi connectivity index (χ0n) is 17.1. The van der Waals surface area contributed by atoms with E-state index in [0.29, 0.717) is 24.3 Å². The van der Waals surface area contributed by atoms with E-state index in [2.05, 4.69) is 10.6 Å². The van der Waals surface area contributed by atoms with Crippen molar-refractivity contribution in [3.8, 4) is 0 Å². The van der Waals surface area contributed by atoms with Gasteiger partial charge in [-0.2, -0.15) is 0 Å². The Morgan fingerprint density at radius 2 is 1.72 bits per heavy atom. The highest BCUT2D eigenvalue weighted by Gasteiger charge is 2.35. The molecule has 1 saturated heterocycles. The molecule has 1 fully saturated rings. The van der Waals surface area contributed by atoms with Crippen LogP contribution in [0.1, 0.15) is 41.8 Å². The predicted molar refractivity (Wildman–Crippen MR) is 112 cm³/mol. The van der Waals surface area contributed by atoms with Crippen molar-refractivity contribution in [2.24, 2.45) is 5.92 Å². The molecule has 6 nitrogen and oxygen atoms in total. The second-order valence-electron chi connectivity index (χ2n) is 7.78. The normalized spacial score (nSPS) is 16.2. The van der Waals surface area contributed by atoms with Crippen molar-refractivity contribution in [1.29, 1.82) is 0 Å². The Labute approximate surface area is 171 Å². The topological polar surface area (TPSA) is 78.5 Å². The second-order valence-corrected chi connectivity index (χ2v) is 7.78. The van der Waals surface area contributed by atoms with Crippen LogP contribution in [-0.2, 0) is 16.1 Å². The van der Waals surface area contributed by atoms with E-state index in [-0.39, 0.29) is 36.1 Å². The smallest absolute Gasteiger partial charge is 0.251 e. The molecule has 0 spiro atoms. The first kappa shape index (κ1) is 20.6. The number of benzene rings is 2. The standard InChI is InChI=1S/C23H27N3O3/c1-15(2)26-14-19(12-21(26)27)23(29)25-20-10-8-18(9-11-20)22(28)24-13-17-6-4-16(3)5-7-17/h4-11,15,19H,12-14H2,1-3H3,(H,24,28)(H,25,29). The lowest BCUT2D eigenvalue weighted by Gasteiger charge is -2.20. The van der Waals surface area contributed by atoms with Crippen LogP contribution in [0, 0.1) is 12.8 Å². The molecule has 6 heteroatoms. The zero-order chi connectivity index (χ0) is 21.0. The fraction of sp³-hybridized carbons (Fsp3) is 0.348. The number of carbonyl (C=O) groups excluding carboxylic acids is 3. The molecule has 0 radical (unpaired) electrons. The van der Waals surface area contributed by atoms with E-state index in [1.807, 2.05) is 45.0 Å². The quantitative estimate of drug-likeness (QED) is 0.791. The summed E-state index contributed by atoms with van der Waals surface area (Å²) in [6.45, 7) is 6.82. The number of nitrogens with zero attached hydrogens (tertiary/aromatic N) is 1. The lowest BCUT2D eigenvalue weighted by Crippen LogP contribution is -2.33. The Morgan fingerprint density at radius 3 is 2.31 bits per heavy atom. The van der Waals surface area contributed by atoms with E-state index in [0.717, 1.165) is 5.56 Å². The molecule has 0 saturated carbocycles. The Kier molecular flexibility index (Phi) is 6.32. The summed E-state index contributed by atoms with van der Waals surface area (Å²) in [6, 6.07) is 14.9. The van der Waals surface area contributed by atoms with E-state index in [1.165, 1.54) is 5.56 Å². The van der Waals surface area contributed by atoms with Gasteiger partial charge in [0.1, 0.15) is 0 Å². The average molecular weight is 393 g/mol. The summed E-state index contributed by atoms with van der Waals surface area (Å²) >= 11 is 0. The van der Waals surface area contributed by atoms with Gasteiger partial charge in [0.05, 0.1) is 5.92 Å². The van der Waals surface area contributed by atoms with Gasteiger partial charge in [-0.25, -0.2) is 0 Å². The van der Waals surface area contributed by atoms with Crippen molar-refractivity contribution >= 4 is 23.4 Å². The van der Waals surface area contributed by atoms with Crippen molar-refractivity contribution < 1.29 is 14.4 Å². The summed E-state index contributed by atoms with van der Waals surface area (Å²) in [4.78, 5) is 38.5. The summed E-state index contributed by atoms with van der Waals surface area (Å²) < 4.78 is 0. The number of amides is 3. The van der Waals surface area contributed by atoms with Crippen LogP contribution in [0.25, 0.3) is 0 Å². The van der Waals surface area contributed by atoms with Gasteiger partial charge in [0.25, 0.3) is 5.91 Å². The summed E-state index contributed by atoms with van der Waals surface area (Å²) in [5.41, 5.74) is 3.35. The maximum Gasteiger partial charge on any atom is 0.251 e. The first-order valence-corrected chi connectivity index (χ1v) is 9.87. The minimum absolute atomic E-state index is 0.0146. The maximum absolute atomic E-state index is 12.5. The van der Waals surface area contributed by atoms with Gasteiger partial charge in [0.2, 0.25) is 11.8 Å². The minimum atomic E-state index is -0.345. The molecule has 1 unspecified atom stereocenters. The molecule has 3 amide bonds. The van der Waals surface area contributed by atoms with Gasteiger partial charge in [0, 0.05) is 36.8 Å². The molecule has 1 atom stereocenters. The maximum atomic E-state index is 12.5. The summed E-state index contributed by atoms with van der Waals surface area (Å²) in [7, 11) is 0. The highest BCUT2D eigenvalue weighted by atomic mass is 16.2. The van der Waals surface area contributed by atoms with E-state index in [9.17, 15) is 14.4 Å². The van der Waals surface area contributed by atoms with Gasteiger partial charge in [0.15, 0.2) is 0 Å². The molecule has 2 aromatic carbocycles. The highest BCUT2D eigenvalue weighted by molar-refractivity contribution is 5.98. The van der Waals surface area contributed by atoms with Crippen LogP contribution >= 0.6 is 0 Å². The summed E-state index contributed by atoms with van der Waals surface area (Å²) in [5.74, 6) is -0.668. The first-order chi connectivity index (χ1) is 13.8. The molecular formula is C23H27N3O3. The third-order valence-corrected chi connectivity index (χ3v) is 5.14. The Bertz CT molecular complexity index is 889. The minimum Gasteiger partial charge on any atom is -0.348 e. The Balaban J connectivity index is 1.53. The largest absolute Gasteiger partial charge is 0.348 e. The molecule has 0 aliphatic carbocycles. The molecular weight excluding hydrogens is 366 g/mol. The van der Waals surface area contributed by atoms with Crippen LogP contribution in [0.15, 0.2) is 48.5 Å². The Hall–Kier alpha value is -3.15. The van der Waals surface area contributed by atoms with Crippen LogP contribution in [0.5, 0.6) is 0 Å². The van der Waals surface area contributed by atoms with Crippen molar-refractivity contribution in [3.05, 3.63) is 65.2 Å². The number of anilines is 1. The lowest BCUT2D eigenvalue weighted by atomic mass is 10.1. The zero-order valence-corrected chi connectivity index (χ0v) is 17.1. The van der Waals surface area contributed by atoms with E-state index in [1.54, 1.807) is 29.2 Å². The molecule has 1 aliphatic heterocycles. The van der Waals surface area contributed by atoms with Gasteiger partial charge in [-0.1, -0.05) is 29.8 Å². The summed E-state index contributed by atoms with van der Waals surface area (Å²) in [6.07, 6.45) is 0.240. The summed E-state index contributed by atoms with van der Waals surface area (Å²) in [5, 5.41) is 5.73. The number of nitrogens with one attached hydrogen (secondary N) is 2. The lowest BCUT2D eigenvalue weighted by molar-refractivity contribution is -0.129. The van der Waals surface area contributed by atoms with Gasteiger partial charge in [-0.05, 0) is 50.6 Å². The molecule has 3 rings (SSSR count). The number of likely N-dealkylation sites (tertiary alicyclic amines) is 1. The number of hydrogen-bond donors (Lipinski definition) is 2. The number of hydrogen-bond acceptors (Lipinski definition) is 3. The van der Waals surface area contributed by atoms with Gasteiger partial charge < -0.3 is 15.5 Å². The van der Waals surface area contributed by atoms with Gasteiger partial charge in [-0.3, -0.25) is 14.4 Å². The van der Waals surface area contributed by atoms with Crippen LogP contribution in [0.3, 0.4) is 0 Å². The molecule has 0 aromatic heterocycles. The van der Waals surface area contributed by atoms with Crippen LogP contribution in [0.4, 0.5) is 5.69 Å². The number of rotatable bonds is 6. The molecule has 2 aromatic rings. The third kappa shape index (κ3) is 5.22. The van der Waals surface area contributed by atoms with E-state index in [4.69, 9.17) is 0 Å². The van der Waals surface area contributed by atoms with Crippen LogP contribution in [0.2, 0.25) is 0 Å². The second kappa shape index (κ2) is 8.90. The molecule has 1 aliphatic rings. The van der Waals surface area contributed by atoms with Crippen molar-refractivity contribution in [3.63, 3.8) is 0 Å². The number of aryl methyl sites for hydroxylation is 1. The van der Waals surface area contributed by atoms with Crippen LogP contribution in [-0.4, -0.2) is 35.2 Å². The molecule has 152 valence electrons. The van der Waals surface area contributed by atoms with Crippen molar-refractivity contribution in [2.45, 2.75) is 39.8 Å². The molecule has 29 heavy (non-hydrogen) atoms. The molecule has 1 heterocycles. The fourth-order valence-corrected chi connectivity index (χ4v) is 3.35. The van der Waals surface area contributed by atoms with E-state index < -0.39 is 0 Å². The average Bonchev–Trinajstić information content (AvgIpc) is 3.10. The van der Waals surface area contributed by atoms with Gasteiger partial charge in [-0.15, -0.1) is 0 Å². The highest BCUT2D eigenvalue weighted by Crippen LogP contribution is 2.22. The molecule has 0 bridgehead atoms. The third-order valence-electron chi connectivity index (χ3n) is 5.14. The van der Waals surface area contributed by atoms with Gasteiger partial charge >= 0.3 is 0 Å². The SMILES string of the molecule is Cc1ccc(CNC(=O)c2ccc(NC(=O)C3CC(=O)N(C(C)C)C3)cc2)cc1. The van der Waals surface area contributed by atoms with E-state index >= 15 is 0 Å². The fourth-order valence-electron chi connectivity index (χ4n) is 3.35. The number of carbonyl (C=O) groups is 3. The van der Waals surface area contributed by atoms with Crippen LogP contribution < -0.4 is 10.6 Å². The first-order valence-electron chi connectivity index (χ1n) is 9.87. The monoisotopic (exact) mass is 393 g/mol.